The first-order valence-corrected chi connectivity index (χ1v) is 7.35. The average molecular weight is 306 g/mol. The van der Waals surface area contributed by atoms with E-state index in [0.717, 1.165) is 11.3 Å². The first-order chi connectivity index (χ1) is 10.6. The van der Waals surface area contributed by atoms with Gasteiger partial charge in [-0.2, -0.15) is 0 Å². The number of aryl methyl sites for hydroxylation is 1. The van der Waals surface area contributed by atoms with Crippen LogP contribution < -0.4 is 10.6 Å². The molecule has 1 aromatic heterocycles. The van der Waals surface area contributed by atoms with E-state index in [2.05, 4.69) is 15.6 Å². The normalized spacial score (nSPS) is 18.5. The van der Waals surface area contributed by atoms with E-state index in [1.807, 2.05) is 11.6 Å². The van der Waals surface area contributed by atoms with Crippen molar-refractivity contribution in [2.75, 3.05) is 26.3 Å². The van der Waals surface area contributed by atoms with Crippen LogP contribution in [0, 0.1) is 5.82 Å². The number of imidazole rings is 1. The van der Waals surface area contributed by atoms with Crippen LogP contribution in [0.15, 0.2) is 18.2 Å². The summed E-state index contributed by atoms with van der Waals surface area (Å²) >= 11 is 0. The van der Waals surface area contributed by atoms with Gasteiger partial charge in [0, 0.05) is 32.6 Å². The van der Waals surface area contributed by atoms with E-state index in [0.29, 0.717) is 38.2 Å². The first kappa shape index (κ1) is 14.9. The number of ether oxygens (including phenoxy) is 1. The van der Waals surface area contributed by atoms with Gasteiger partial charge >= 0.3 is 0 Å². The Bertz CT molecular complexity index is 679. The zero-order valence-electron chi connectivity index (χ0n) is 12.4. The molecule has 6 nitrogen and oxygen atoms in total. The number of carbonyl (C=O) groups excluding carboxylic acids is 1. The Morgan fingerprint density at radius 3 is 3.23 bits per heavy atom. The molecule has 1 aliphatic rings. The second-order valence-electron chi connectivity index (χ2n) is 5.34. The predicted octanol–water partition coefficient (Wildman–Crippen LogP) is 0.359. The molecule has 0 spiro atoms. The van der Waals surface area contributed by atoms with Gasteiger partial charge in [-0.1, -0.05) is 0 Å². The van der Waals surface area contributed by atoms with Crippen LogP contribution in [-0.4, -0.2) is 47.8 Å². The number of benzene rings is 1. The van der Waals surface area contributed by atoms with Crippen molar-refractivity contribution < 1.29 is 13.9 Å². The third-order valence-corrected chi connectivity index (χ3v) is 3.82. The summed E-state index contributed by atoms with van der Waals surface area (Å²) in [6.45, 7) is 2.21. The molecule has 1 saturated heterocycles. The number of aromatic nitrogens is 2. The maximum atomic E-state index is 13.2. The maximum Gasteiger partial charge on any atom is 0.239 e. The van der Waals surface area contributed by atoms with Gasteiger partial charge in [-0.3, -0.25) is 4.79 Å². The van der Waals surface area contributed by atoms with E-state index >= 15 is 0 Å². The van der Waals surface area contributed by atoms with Crippen LogP contribution in [0.5, 0.6) is 0 Å². The Morgan fingerprint density at radius 1 is 1.59 bits per heavy atom. The van der Waals surface area contributed by atoms with Crippen molar-refractivity contribution in [3.8, 4) is 0 Å². The van der Waals surface area contributed by atoms with Gasteiger partial charge in [0.1, 0.15) is 17.7 Å². The van der Waals surface area contributed by atoms with Crippen molar-refractivity contribution >= 4 is 16.9 Å². The largest absolute Gasteiger partial charge is 0.378 e. The topological polar surface area (TPSA) is 68.2 Å². The molecule has 3 rings (SSSR count). The Labute approximate surface area is 127 Å². The smallest absolute Gasteiger partial charge is 0.239 e. The Balaban J connectivity index is 1.59. The summed E-state index contributed by atoms with van der Waals surface area (Å²) in [6, 6.07) is 4.26. The molecular weight excluding hydrogens is 287 g/mol. The summed E-state index contributed by atoms with van der Waals surface area (Å²) < 4.78 is 20.4. The zero-order valence-corrected chi connectivity index (χ0v) is 12.4. The molecule has 0 aliphatic carbocycles. The van der Waals surface area contributed by atoms with Crippen molar-refractivity contribution in [2.24, 2.45) is 7.05 Å². The van der Waals surface area contributed by atoms with Crippen LogP contribution in [0.2, 0.25) is 0 Å². The van der Waals surface area contributed by atoms with Gasteiger partial charge < -0.3 is 19.9 Å². The van der Waals surface area contributed by atoms with Crippen molar-refractivity contribution in [3.05, 3.63) is 29.8 Å². The van der Waals surface area contributed by atoms with E-state index in [-0.39, 0.29) is 17.8 Å². The van der Waals surface area contributed by atoms with Crippen molar-refractivity contribution in [1.29, 1.82) is 0 Å². The van der Waals surface area contributed by atoms with E-state index in [4.69, 9.17) is 4.74 Å². The minimum Gasteiger partial charge on any atom is -0.378 e. The molecule has 1 amide bonds. The third kappa shape index (κ3) is 3.10. The lowest BCUT2D eigenvalue weighted by atomic mass is 10.2. The highest BCUT2D eigenvalue weighted by molar-refractivity contribution is 5.82. The summed E-state index contributed by atoms with van der Waals surface area (Å²) in [5.41, 5.74) is 1.51. The van der Waals surface area contributed by atoms with Gasteiger partial charge in [-0.05, 0) is 12.1 Å². The molecular formula is C15H19FN4O2. The second kappa shape index (κ2) is 6.41. The summed E-state index contributed by atoms with van der Waals surface area (Å²) in [4.78, 5) is 16.4. The average Bonchev–Trinajstić information content (AvgIpc) is 2.83. The van der Waals surface area contributed by atoms with E-state index in [1.54, 1.807) is 6.07 Å². The summed E-state index contributed by atoms with van der Waals surface area (Å²) in [5.74, 6) is 0.451. The number of halogens is 1. The van der Waals surface area contributed by atoms with E-state index in [1.165, 1.54) is 12.1 Å². The molecule has 0 radical (unpaired) electrons. The van der Waals surface area contributed by atoms with Gasteiger partial charge in [0.05, 0.1) is 24.2 Å². The van der Waals surface area contributed by atoms with Crippen molar-refractivity contribution in [1.82, 2.24) is 20.2 Å². The number of hydrogen-bond donors (Lipinski definition) is 2. The highest BCUT2D eigenvalue weighted by atomic mass is 19.1. The molecule has 2 N–H and O–H groups in total. The molecule has 2 heterocycles. The van der Waals surface area contributed by atoms with Crippen LogP contribution in [0.4, 0.5) is 4.39 Å². The van der Waals surface area contributed by atoms with Gasteiger partial charge in [-0.15, -0.1) is 0 Å². The molecule has 1 aliphatic heterocycles. The molecule has 22 heavy (non-hydrogen) atoms. The molecule has 2 aromatic rings. The minimum absolute atomic E-state index is 0.0653. The summed E-state index contributed by atoms with van der Waals surface area (Å²) in [6.07, 6.45) is 0.589. The predicted molar refractivity (Wildman–Crippen MR) is 80.0 cm³/mol. The van der Waals surface area contributed by atoms with Gasteiger partial charge in [-0.25, -0.2) is 9.37 Å². The number of hydrogen-bond acceptors (Lipinski definition) is 4. The standard InChI is InChI=1S/C15H19FN4O2/c1-20-13-3-2-10(16)8-11(13)19-14(20)4-5-18-15(21)12-9-22-7-6-17-12/h2-3,8,12,17H,4-7,9H2,1H3,(H,18,21)/t12-/m0/s1. The number of nitrogens with one attached hydrogen (secondary N) is 2. The third-order valence-electron chi connectivity index (χ3n) is 3.82. The minimum atomic E-state index is -0.297. The van der Waals surface area contributed by atoms with Crippen LogP contribution in [0.25, 0.3) is 11.0 Å². The number of carbonyl (C=O) groups is 1. The number of rotatable bonds is 4. The first-order valence-electron chi connectivity index (χ1n) is 7.35. The molecule has 1 aromatic carbocycles. The lowest BCUT2D eigenvalue weighted by Crippen LogP contribution is -2.51. The van der Waals surface area contributed by atoms with Crippen molar-refractivity contribution in [2.45, 2.75) is 12.5 Å². The lowest BCUT2D eigenvalue weighted by Gasteiger charge is -2.22. The zero-order chi connectivity index (χ0) is 15.5. The number of amides is 1. The lowest BCUT2D eigenvalue weighted by molar-refractivity contribution is -0.125. The molecule has 118 valence electrons. The fourth-order valence-corrected chi connectivity index (χ4v) is 2.60. The summed E-state index contributed by atoms with van der Waals surface area (Å²) in [7, 11) is 1.89. The van der Waals surface area contributed by atoms with Gasteiger partial charge in [0.25, 0.3) is 0 Å². The Kier molecular flexibility index (Phi) is 4.35. The quantitative estimate of drug-likeness (QED) is 0.856. The van der Waals surface area contributed by atoms with E-state index in [9.17, 15) is 9.18 Å². The fraction of sp³-hybridized carbons (Fsp3) is 0.467. The summed E-state index contributed by atoms with van der Waals surface area (Å²) in [5, 5.41) is 5.98. The number of morpholine rings is 1. The molecule has 0 saturated carbocycles. The fourth-order valence-electron chi connectivity index (χ4n) is 2.60. The van der Waals surface area contributed by atoms with Crippen LogP contribution in [0.3, 0.4) is 0 Å². The Morgan fingerprint density at radius 2 is 2.45 bits per heavy atom. The van der Waals surface area contributed by atoms with Crippen molar-refractivity contribution in [3.63, 3.8) is 0 Å². The van der Waals surface area contributed by atoms with Crippen LogP contribution in [-0.2, 0) is 23.0 Å². The monoisotopic (exact) mass is 306 g/mol. The molecule has 0 bridgehead atoms. The van der Waals surface area contributed by atoms with Gasteiger partial charge in [0.15, 0.2) is 0 Å². The number of fused-ring (bicyclic) bond motifs is 1. The highest BCUT2D eigenvalue weighted by Gasteiger charge is 2.20. The second-order valence-corrected chi connectivity index (χ2v) is 5.34. The molecule has 1 fully saturated rings. The number of nitrogens with zero attached hydrogens (tertiary/aromatic N) is 2. The van der Waals surface area contributed by atoms with Gasteiger partial charge in [0.2, 0.25) is 5.91 Å². The molecule has 7 heteroatoms. The SMILES string of the molecule is Cn1c(CCNC(=O)[C@@H]2COCCN2)nc2cc(F)ccc21. The maximum absolute atomic E-state index is 13.2. The van der Waals surface area contributed by atoms with E-state index < -0.39 is 0 Å². The highest BCUT2D eigenvalue weighted by Crippen LogP contribution is 2.16. The molecule has 1 atom stereocenters. The Hall–Kier alpha value is -1.99. The van der Waals surface area contributed by atoms with Crippen LogP contribution >= 0.6 is 0 Å². The molecule has 0 unspecified atom stereocenters. The van der Waals surface area contributed by atoms with Crippen LogP contribution in [0.1, 0.15) is 5.82 Å².